The Labute approximate surface area is 96.1 Å². The molecular weight excluding hydrogens is 196 g/mol. The van der Waals surface area contributed by atoms with Crippen LogP contribution in [-0.4, -0.2) is 5.11 Å². The maximum Gasteiger partial charge on any atom is 0.104 e. The highest BCUT2D eigenvalue weighted by atomic mass is 16.3. The van der Waals surface area contributed by atoms with Crippen molar-refractivity contribution in [1.82, 2.24) is 0 Å². The van der Waals surface area contributed by atoms with Crippen molar-refractivity contribution in [2.75, 3.05) is 0 Å². The van der Waals surface area contributed by atoms with E-state index in [0.29, 0.717) is 5.92 Å². The van der Waals surface area contributed by atoms with Crippen LogP contribution in [0.15, 0.2) is 48.1 Å². The van der Waals surface area contributed by atoms with Crippen molar-refractivity contribution in [3.8, 4) is 0 Å². The van der Waals surface area contributed by atoms with Crippen molar-refractivity contribution in [2.24, 2.45) is 5.92 Å². The normalized spacial score (nSPS) is 27.7. The summed E-state index contributed by atoms with van der Waals surface area (Å²) in [6.07, 6.45) is 9.48. The minimum absolute atomic E-state index is 0.435. The quantitative estimate of drug-likeness (QED) is 0.700. The van der Waals surface area contributed by atoms with Crippen molar-refractivity contribution < 1.29 is 5.11 Å². The van der Waals surface area contributed by atoms with Crippen molar-refractivity contribution >= 4 is 0 Å². The third-order valence-corrected chi connectivity index (χ3v) is 3.59. The van der Waals surface area contributed by atoms with Crippen LogP contribution >= 0.6 is 0 Å². The fourth-order valence-electron chi connectivity index (χ4n) is 2.73. The zero-order valence-corrected chi connectivity index (χ0v) is 9.26. The highest BCUT2D eigenvalue weighted by Gasteiger charge is 2.23. The predicted octanol–water partition coefficient (Wildman–Crippen LogP) is 3.17. The van der Waals surface area contributed by atoms with E-state index in [1.165, 1.54) is 12.0 Å². The summed E-state index contributed by atoms with van der Waals surface area (Å²) in [6, 6.07) is 8.27. The number of aliphatic hydroxyl groups excluding tert-OH is 1. The van der Waals surface area contributed by atoms with Gasteiger partial charge in [-0.1, -0.05) is 42.5 Å². The number of hydrogen-bond donors (Lipinski definition) is 1. The van der Waals surface area contributed by atoms with Crippen LogP contribution in [0.5, 0.6) is 0 Å². The molecule has 0 spiro atoms. The molecule has 0 aliphatic heterocycles. The van der Waals surface area contributed by atoms with E-state index in [1.54, 1.807) is 0 Å². The molecule has 0 aromatic heterocycles. The topological polar surface area (TPSA) is 20.2 Å². The van der Waals surface area contributed by atoms with Crippen LogP contribution in [-0.2, 0) is 6.42 Å². The van der Waals surface area contributed by atoms with Gasteiger partial charge in [0.05, 0.1) is 0 Å². The Balaban J connectivity index is 2.11. The zero-order chi connectivity index (χ0) is 11.0. The Morgan fingerprint density at radius 1 is 1.19 bits per heavy atom. The first-order chi connectivity index (χ1) is 7.84. The molecule has 1 heteroatoms. The molecule has 0 heterocycles. The number of rotatable bonds is 0. The van der Waals surface area contributed by atoms with Crippen LogP contribution < -0.4 is 0 Å². The summed E-state index contributed by atoms with van der Waals surface area (Å²) in [7, 11) is 0. The molecule has 1 unspecified atom stereocenters. The Kier molecular flexibility index (Phi) is 2.41. The average molecular weight is 212 g/mol. The molecule has 1 N–H and O–H groups in total. The summed E-state index contributed by atoms with van der Waals surface area (Å²) in [5, 5.41) is 10.4. The third kappa shape index (κ3) is 1.61. The van der Waals surface area contributed by atoms with E-state index >= 15 is 0 Å². The minimum atomic E-state index is -0.435. The SMILES string of the molecule is OC1C2=C[C@H](CCC=C2)Cc2ccccc21. The highest BCUT2D eigenvalue weighted by Crippen LogP contribution is 2.35. The van der Waals surface area contributed by atoms with Crippen LogP contribution in [0.3, 0.4) is 0 Å². The van der Waals surface area contributed by atoms with Gasteiger partial charge in [0.2, 0.25) is 0 Å². The van der Waals surface area contributed by atoms with Crippen LogP contribution in [0.2, 0.25) is 0 Å². The monoisotopic (exact) mass is 212 g/mol. The summed E-state index contributed by atoms with van der Waals surface area (Å²) in [5.41, 5.74) is 3.47. The summed E-state index contributed by atoms with van der Waals surface area (Å²) < 4.78 is 0. The number of fused-ring (bicyclic) bond motifs is 2. The molecule has 0 saturated heterocycles. The largest absolute Gasteiger partial charge is 0.384 e. The van der Waals surface area contributed by atoms with E-state index in [0.717, 1.165) is 24.0 Å². The second kappa shape index (κ2) is 3.91. The molecule has 0 saturated carbocycles. The maximum absolute atomic E-state index is 10.4. The average Bonchev–Trinajstić information content (AvgIpc) is 2.61. The summed E-state index contributed by atoms with van der Waals surface area (Å²) in [4.78, 5) is 0. The number of hydrogen-bond acceptors (Lipinski definition) is 1. The standard InChI is InChI=1S/C15H16O/c16-15-13-7-2-1-5-11(10-13)9-12-6-3-4-8-14(12)15/h2-4,6-8,10-11,15-16H,1,5,9H2/t11-,15?/m1/s1. The second-order valence-corrected chi connectivity index (χ2v) is 4.71. The lowest BCUT2D eigenvalue weighted by Gasteiger charge is -2.14. The molecule has 2 atom stereocenters. The van der Waals surface area contributed by atoms with Crippen molar-refractivity contribution in [3.05, 3.63) is 59.2 Å². The number of benzene rings is 1. The molecule has 16 heavy (non-hydrogen) atoms. The van der Waals surface area contributed by atoms with E-state index in [9.17, 15) is 5.11 Å². The van der Waals surface area contributed by atoms with Crippen LogP contribution in [0.4, 0.5) is 0 Å². The van der Waals surface area contributed by atoms with Crippen molar-refractivity contribution in [3.63, 3.8) is 0 Å². The molecule has 82 valence electrons. The van der Waals surface area contributed by atoms with Gasteiger partial charge in [0.25, 0.3) is 0 Å². The Morgan fingerprint density at radius 3 is 3.00 bits per heavy atom. The van der Waals surface area contributed by atoms with E-state index in [1.807, 2.05) is 12.1 Å². The van der Waals surface area contributed by atoms with Gasteiger partial charge in [-0.3, -0.25) is 0 Å². The van der Waals surface area contributed by atoms with Gasteiger partial charge in [0.15, 0.2) is 0 Å². The van der Waals surface area contributed by atoms with Gasteiger partial charge in [-0.2, -0.15) is 0 Å². The fraction of sp³-hybridized carbons (Fsp3) is 0.333. The lowest BCUT2D eigenvalue weighted by Crippen LogP contribution is -2.03. The van der Waals surface area contributed by atoms with Gasteiger partial charge in [-0.05, 0) is 41.9 Å². The molecule has 1 nitrogen and oxygen atoms in total. The molecule has 1 aromatic carbocycles. The van der Waals surface area contributed by atoms with Crippen LogP contribution in [0.25, 0.3) is 0 Å². The van der Waals surface area contributed by atoms with Crippen LogP contribution in [0, 0.1) is 5.92 Å². The van der Waals surface area contributed by atoms with E-state index in [4.69, 9.17) is 0 Å². The smallest absolute Gasteiger partial charge is 0.104 e. The lowest BCUT2D eigenvalue weighted by atomic mass is 9.93. The lowest BCUT2D eigenvalue weighted by molar-refractivity contribution is 0.219. The molecule has 0 amide bonds. The van der Waals surface area contributed by atoms with Gasteiger partial charge in [0, 0.05) is 0 Å². The zero-order valence-electron chi connectivity index (χ0n) is 9.26. The third-order valence-electron chi connectivity index (χ3n) is 3.59. The first-order valence-corrected chi connectivity index (χ1v) is 5.99. The van der Waals surface area contributed by atoms with Crippen molar-refractivity contribution in [1.29, 1.82) is 0 Å². The van der Waals surface area contributed by atoms with Gasteiger partial charge in [-0.15, -0.1) is 0 Å². The number of aliphatic hydroxyl groups is 1. The number of allylic oxidation sites excluding steroid dienone is 2. The Morgan fingerprint density at radius 2 is 2.06 bits per heavy atom. The summed E-state index contributed by atoms with van der Waals surface area (Å²) >= 11 is 0. The molecule has 3 rings (SSSR count). The summed E-state index contributed by atoms with van der Waals surface area (Å²) in [5.74, 6) is 0.586. The Bertz CT molecular complexity index is 456. The van der Waals surface area contributed by atoms with E-state index < -0.39 is 6.10 Å². The van der Waals surface area contributed by atoms with Gasteiger partial charge in [-0.25, -0.2) is 0 Å². The molecule has 2 bridgehead atoms. The minimum Gasteiger partial charge on any atom is -0.384 e. The molecule has 0 fully saturated rings. The Hall–Kier alpha value is -1.34. The molecule has 2 aliphatic rings. The summed E-state index contributed by atoms with van der Waals surface area (Å²) in [6.45, 7) is 0. The molecule has 2 aliphatic carbocycles. The molecule has 0 radical (unpaired) electrons. The predicted molar refractivity (Wildman–Crippen MR) is 65.1 cm³/mol. The first kappa shape index (κ1) is 9.86. The van der Waals surface area contributed by atoms with Crippen molar-refractivity contribution in [2.45, 2.75) is 25.4 Å². The first-order valence-electron chi connectivity index (χ1n) is 5.99. The van der Waals surface area contributed by atoms with Gasteiger partial charge < -0.3 is 5.11 Å². The molecule has 1 aromatic rings. The highest BCUT2D eigenvalue weighted by molar-refractivity contribution is 5.41. The van der Waals surface area contributed by atoms with Crippen LogP contribution in [0.1, 0.15) is 30.1 Å². The molecular formula is C15H16O. The fourth-order valence-corrected chi connectivity index (χ4v) is 2.73. The maximum atomic E-state index is 10.4. The second-order valence-electron chi connectivity index (χ2n) is 4.71. The van der Waals surface area contributed by atoms with Gasteiger partial charge >= 0.3 is 0 Å². The van der Waals surface area contributed by atoms with E-state index in [2.05, 4.69) is 30.4 Å². The van der Waals surface area contributed by atoms with E-state index in [-0.39, 0.29) is 0 Å². The van der Waals surface area contributed by atoms with Gasteiger partial charge in [0.1, 0.15) is 6.10 Å².